The van der Waals surface area contributed by atoms with E-state index in [9.17, 15) is 17.6 Å². The first-order valence-electron chi connectivity index (χ1n) is 11.9. The first-order valence-corrected chi connectivity index (χ1v) is 11.9. The van der Waals surface area contributed by atoms with Gasteiger partial charge in [0.2, 0.25) is 0 Å². The van der Waals surface area contributed by atoms with Gasteiger partial charge >= 0.3 is 6.18 Å². The molecule has 0 bridgehead atoms. The van der Waals surface area contributed by atoms with Crippen molar-refractivity contribution in [2.24, 2.45) is 0 Å². The van der Waals surface area contributed by atoms with E-state index in [0.29, 0.717) is 5.39 Å². The molecule has 0 radical (unpaired) electrons. The highest BCUT2D eigenvalue weighted by Crippen LogP contribution is 2.36. The van der Waals surface area contributed by atoms with Crippen molar-refractivity contribution in [3.63, 3.8) is 0 Å². The molecule has 0 aliphatic heterocycles. The maximum absolute atomic E-state index is 14.4. The molecule has 0 aliphatic rings. The second-order valence-corrected chi connectivity index (χ2v) is 8.80. The van der Waals surface area contributed by atoms with E-state index < -0.39 is 17.6 Å². The highest BCUT2D eigenvalue weighted by atomic mass is 19.4. The zero-order chi connectivity index (χ0) is 24.1. The fourth-order valence-corrected chi connectivity index (χ4v) is 4.34. The molecule has 0 N–H and O–H groups in total. The Balaban J connectivity index is 1.48. The molecule has 176 valence electrons. The molecule has 0 amide bonds. The van der Waals surface area contributed by atoms with Crippen molar-refractivity contribution >= 4 is 10.8 Å². The Morgan fingerprint density at radius 1 is 0.618 bits per heavy atom. The van der Waals surface area contributed by atoms with Crippen LogP contribution in [0.25, 0.3) is 33.0 Å². The lowest BCUT2D eigenvalue weighted by molar-refractivity contribution is -0.139. The third-order valence-electron chi connectivity index (χ3n) is 6.33. The smallest absolute Gasteiger partial charge is 0.206 e. The SMILES string of the molecule is CCCCCCCc1ccc(-c2ccc(-c3ccc4c(F)c(C(F)(F)F)ccc4c3)cc2)cc1. The fraction of sp³-hybridized carbons (Fsp3) is 0.267. The van der Waals surface area contributed by atoms with Gasteiger partial charge < -0.3 is 0 Å². The fourth-order valence-electron chi connectivity index (χ4n) is 4.34. The monoisotopic (exact) mass is 464 g/mol. The average molecular weight is 465 g/mol. The third-order valence-corrected chi connectivity index (χ3v) is 6.33. The standard InChI is InChI=1S/C30H28F4/c1-2-3-4-5-6-7-21-8-10-22(11-9-21)23-12-14-24(15-13-23)25-16-18-27-26(20-25)17-19-28(29(27)31)30(32,33)34/h8-20H,2-7H2,1H3. The van der Waals surface area contributed by atoms with Crippen molar-refractivity contribution in [1.29, 1.82) is 0 Å². The molecule has 0 spiro atoms. The number of halogens is 4. The summed E-state index contributed by atoms with van der Waals surface area (Å²) in [5, 5.41) is 0.415. The molecule has 0 nitrogen and oxygen atoms in total. The lowest BCUT2D eigenvalue weighted by Crippen LogP contribution is -2.08. The molecule has 0 unspecified atom stereocenters. The summed E-state index contributed by atoms with van der Waals surface area (Å²) < 4.78 is 53.3. The molecule has 0 heterocycles. The minimum absolute atomic E-state index is 0.0272. The van der Waals surface area contributed by atoms with E-state index in [1.807, 2.05) is 24.3 Å². The summed E-state index contributed by atoms with van der Waals surface area (Å²) in [4.78, 5) is 0. The van der Waals surface area contributed by atoms with Crippen molar-refractivity contribution in [2.75, 3.05) is 0 Å². The Kier molecular flexibility index (Phi) is 7.35. The summed E-state index contributed by atoms with van der Waals surface area (Å²) in [6.07, 6.45) is 2.78. The second kappa shape index (κ2) is 10.4. The Morgan fingerprint density at radius 2 is 1.18 bits per heavy atom. The molecular weight excluding hydrogens is 436 g/mol. The number of aryl methyl sites for hydroxylation is 1. The summed E-state index contributed by atoms with van der Waals surface area (Å²) in [5.41, 5.74) is 4.11. The van der Waals surface area contributed by atoms with E-state index in [-0.39, 0.29) is 5.39 Å². The van der Waals surface area contributed by atoms with Crippen LogP contribution in [-0.2, 0) is 12.6 Å². The normalized spacial score (nSPS) is 11.8. The molecule has 34 heavy (non-hydrogen) atoms. The van der Waals surface area contributed by atoms with Crippen LogP contribution >= 0.6 is 0 Å². The Labute approximate surface area is 198 Å². The van der Waals surface area contributed by atoms with Crippen molar-refractivity contribution in [2.45, 2.75) is 51.6 Å². The van der Waals surface area contributed by atoms with Gasteiger partial charge in [0.05, 0.1) is 5.56 Å². The van der Waals surface area contributed by atoms with Gasteiger partial charge in [0, 0.05) is 5.39 Å². The molecule has 0 saturated heterocycles. The number of hydrogen-bond donors (Lipinski definition) is 0. The topological polar surface area (TPSA) is 0 Å². The van der Waals surface area contributed by atoms with Crippen LogP contribution in [-0.4, -0.2) is 0 Å². The second-order valence-electron chi connectivity index (χ2n) is 8.80. The van der Waals surface area contributed by atoms with Crippen LogP contribution in [0.5, 0.6) is 0 Å². The summed E-state index contributed by atoms with van der Waals surface area (Å²) in [6, 6.07) is 23.6. The molecule has 0 saturated carbocycles. The van der Waals surface area contributed by atoms with Gasteiger partial charge in [0.15, 0.2) is 0 Å². The van der Waals surface area contributed by atoms with Crippen LogP contribution in [0.2, 0.25) is 0 Å². The van der Waals surface area contributed by atoms with Crippen molar-refractivity contribution in [1.82, 2.24) is 0 Å². The van der Waals surface area contributed by atoms with Gasteiger partial charge in [-0.25, -0.2) is 4.39 Å². The summed E-state index contributed by atoms with van der Waals surface area (Å²) in [6.45, 7) is 2.23. The molecular formula is C30H28F4. The lowest BCUT2D eigenvalue weighted by Gasteiger charge is -2.11. The predicted octanol–water partition coefficient (Wildman–Crippen LogP) is 9.84. The van der Waals surface area contributed by atoms with E-state index >= 15 is 0 Å². The molecule has 0 aromatic heterocycles. The van der Waals surface area contributed by atoms with Gasteiger partial charge in [0.25, 0.3) is 0 Å². The van der Waals surface area contributed by atoms with E-state index in [1.54, 1.807) is 12.1 Å². The largest absolute Gasteiger partial charge is 0.419 e. The van der Waals surface area contributed by atoms with E-state index in [4.69, 9.17) is 0 Å². The molecule has 0 aliphatic carbocycles. The van der Waals surface area contributed by atoms with Crippen LogP contribution < -0.4 is 0 Å². The van der Waals surface area contributed by atoms with Gasteiger partial charge in [-0.15, -0.1) is 0 Å². The molecule has 0 atom stereocenters. The number of rotatable bonds is 8. The Bertz CT molecular complexity index is 1240. The van der Waals surface area contributed by atoms with Gasteiger partial charge in [-0.3, -0.25) is 0 Å². The lowest BCUT2D eigenvalue weighted by atomic mass is 9.96. The van der Waals surface area contributed by atoms with E-state index in [0.717, 1.165) is 34.7 Å². The predicted molar refractivity (Wildman–Crippen MR) is 132 cm³/mol. The average Bonchev–Trinajstić information content (AvgIpc) is 2.84. The number of alkyl halides is 3. The quantitative estimate of drug-likeness (QED) is 0.180. The van der Waals surface area contributed by atoms with Crippen LogP contribution in [0.15, 0.2) is 78.9 Å². The minimum atomic E-state index is -4.71. The molecule has 4 rings (SSSR count). The van der Waals surface area contributed by atoms with Gasteiger partial charge in [0.1, 0.15) is 5.82 Å². The van der Waals surface area contributed by atoms with E-state index in [1.165, 1.54) is 49.8 Å². The number of unbranched alkanes of at least 4 members (excludes halogenated alkanes) is 4. The Hall–Kier alpha value is -3.14. The van der Waals surface area contributed by atoms with Gasteiger partial charge in [-0.1, -0.05) is 99.3 Å². The van der Waals surface area contributed by atoms with Crippen molar-refractivity contribution in [3.05, 3.63) is 95.8 Å². The van der Waals surface area contributed by atoms with Crippen LogP contribution in [0, 0.1) is 5.82 Å². The van der Waals surface area contributed by atoms with Crippen LogP contribution in [0.4, 0.5) is 17.6 Å². The summed E-state index contributed by atoms with van der Waals surface area (Å²) in [7, 11) is 0. The minimum Gasteiger partial charge on any atom is -0.206 e. The first-order chi connectivity index (χ1) is 16.4. The zero-order valence-corrected chi connectivity index (χ0v) is 19.3. The third kappa shape index (κ3) is 5.49. The Morgan fingerprint density at radius 3 is 1.79 bits per heavy atom. The summed E-state index contributed by atoms with van der Waals surface area (Å²) >= 11 is 0. The first kappa shape index (κ1) is 24.0. The van der Waals surface area contributed by atoms with Gasteiger partial charge in [-0.2, -0.15) is 13.2 Å². The van der Waals surface area contributed by atoms with Crippen LogP contribution in [0.3, 0.4) is 0 Å². The maximum atomic E-state index is 14.4. The van der Waals surface area contributed by atoms with Crippen LogP contribution in [0.1, 0.15) is 50.2 Å². The zero-order valence-electron chi connectivity index (χ0n) is 19.3. The van der Waals surface area contributed by atoms with Gasteiger partial charge in [-0.05, 0) is 58.2 Å². The highest BCUT2D eigenvalue weighted by Gasteiger charge is 2.34. The van der Waals surface area contributed by atoms with Crippen molar-refractivity contribution < 1.29 is 17.6 Å². The van der Waals surface area contributed by atoms with Crippen molar-refractivity contribution in [3.8, 4) is 22.3 Å². The number of fused-ring (bicyclic) bond motifs is 1. The number of benzene rings is 4. The molecule has 4 heteroatoms. The number of hydrogen-bond acceptors (Lipinski definition) is 0. The summed E-state index contributed by atoms with van der Waals surface area (Å²) in [5.74, 6) is -1.23. The maximum Gasteiger partial charge on any atom is 0.419 e. The van der Waals surface area contributed by atoms with E-state index in [2.05, 4.69) is 31.2 Å². The highest BCUT2D eigenvalue weighted by molar-refractivity contribution is 5.88. The molecule has 4 aromatic rings. The molecule has 4 aromatic carbocycles. The molecule has 0 fully saturated rings.